The monoisotopic (exact) mass is 289 g/mol. The number of nitrogens with zero attached hydrogens (tertiary/aromatic N) is 3. The summed E-state index contributed by atoms with van der Waals surface area (Å²) < 4.78 is 13.4. The van der Waals surface area contributed by atoms with Crippen LogP contribution < -0.4 is 16.2 Å². The van der Waals surface area contributed by atoms with E-state index >= 15 is 0 Å². The molecule has 1 aromatic carbocycles. The van der Waals surface area contributed by atoms with E-state index in [-0.39, 0.29) is 11.7 Å². The summed E-state index contributed by atoms with van der Waals surface area (Å²) in [5.74, 6) is 7.38. The first-order valence-electron chi connectivity index (χ1n) is 6.78. The molecule has 0 bridgehead atoms. The van der Waals surface area contributed by atoms with Crippen LogP contribution in [-0.4, -0.2) is 17.0 Å². The van der Waals surface area contributed by atoms with Gasteiger partial charge in [0.05, 0.1) is 0 Å². The van der Waals surface area contributed by atoms with Crippen LogP contribution in [0.25, 0.3) is 0 Å². The summed E-state index contributed by atoms with van der Waals surface area (Å²) in [5.41, 5.74) is 4.13. The predicted octanol–water partition coefficient (Wildman–Crippen LogP) is 3.10. The Balaban J connectivity index is 2.53. The van der Waals surface area contributed by atoms with E-state index in [2.05, 4.69) is 15.4 Å². The normalized spacial score (nSPS) is 10.8. The fraction of sp³-hybridized carbons (Fsp3) is 0.333. The Kier molecular flexibility index (Phi) is 4.37. The van der Waals surface area contributed by atoms with Crippen molar-refractivity contribution in [1.82, 2.24) is 9.97 Å². The first-order chi connectivity index (χ1) is 9.93. The van der Waals surface area contributed by atoms with E-state index in [1.165, 1.54) is 12.1 Å². The van der Waals surface area contributed by atoms with Gasteiger partial charge in [-0.3, -0.25) is 0 Å². The molecule has 21 heavy (non-hydrogen) atoms. The highest BCUT2D eigenvalue weighted by molar-refractivity contribution is 5.66. The Morgan fingerprint density at radius 1 is 1.29 bits per heavy atom. The van der Waals surface area contributed by atoms with Crippen molar-refractivity contribution in [3.05, 3.63) is 41.5 Å². The number of nitrogens with two attached hydrogens (primary N) is 1. The molecule has 0 aliphatic rings. The predicted molar refractivity (Wildman–Crippen MR) is 83.1 cm³/mol. The Labute approximate surface area is 124 Å². The minimum atomic E-state index is -0.285. The Hall–Kier alpha value is -2.21. The SMILES string of the molecule is Cc1c(NN)nc(C(C)C)nc1N(C)c1cccc(F)c1. The quantitative estimate of drug-likeness (QED) is 0.668. The van der Waals surface area contributed by atoms with Gasteiger partial charge in [-0.15, -0.1) is 0 Å². The molecule has 6 heteroatoms. The summed E-state index contributed by atoms with van der Waals surface area (Å²) in [4.78, 5) is 10.8. The van der Waals surface area contributed by atoms with Crippen LogP contribution in [0.5, 0.6) is 0 Å². The minimum absolute atomic E-state index is 0.164. The molecule has 2 rings (SSSR count). The van der Waals surface area contributed by atoms with Gasteiger partial charge in [0.2, 0.25) is 0 Å². The second-order valence-corrected chi connectivity index (χ2v) is 5.22. The van der Waals surface area contributed by atoms with Crippen molar-refractivity contribution < 1.29 is 4.39 Å². The van der Waals surface area contributed by atoms with Gasteiger partial charge in [-0.25, -0.2) is 20.2 Å². The first-order valence-corrected chi connectivity index (χ1v) is 6.78. The number of aromatic nitrogens is 2. The smallest absolute Gasteiger partial charge is 0.148 e. The molecule has 1 heterocycles. The van der Waals surface area contributed by atoms with Crippen LogP contribution in [-0.2, 0) is 0 Å². The van der Waals surface area contributed by atoms with Crippen molar-refractivity contribution >= 4 is 17.3 Å². The van der Waals surface area contributed by atoms with Gasteiger partial charge in [-0.1, -0.05) is 19.9 Å². The molecule has 0 amide bonds. The number of nitrogens with one attached hydrogen (secondary N) is 1. The van der Waals surface area contributed by atoms with Gasteiger partial charge >= 0.3 is 0 Å². The number of hydrogen-bond donors (Lipinski definition) is 2. The fourth-order valence-corrected chi connectivity index (χ4v) is 2.05. The van der Waals surface area contributed by atoms with Gasteiger partial charge in [0, 0.05) is 24.2 Å². The number of rotatable bonds is 4. The average Bonchev–Trinajstić information content (AvgIpc) is 2.46. The number of halogens is 1. The maximum absolute atomic E-state index is 13.4. The van der Waals surface area contributed by atoms with E-state index in [0.717, 1.165) is 11.3 Å². The molecule has 0 spiro atoms. The van der Waals surface area contributed by atoms with Crippen LogP contribution in [0.15, 0.2) is 24.3 Å². The van der Waals surface area contributed by atoms with Crippen molar-refractivity contribution in [2.24, 2.45) is 5.84 Å². The zero-order chi connectivity index (χ0) is 15.6. The van der Waals surface area contributed by atoms with Crippen LogP contribution >= 0.6 is 0 Å². The molecule has 3 N–H and O–H groups in total. The van der Waals surface area contributed by atoms with E-state index < -0.39 is 0 Å². The highest BCUT2D eigenvalue weighted by Crippen LogP contribution is 2.29. The highest BCUT2D eigenvalue weighted by atomic mass is 19.1. The third-order valence-electron chi connectivity index (χ3n) is 3.30. The van der Waals surface area contributed by atoms with Gasteiger partial charge in [0.25, 0.3) is 0 Å². The lowest BCUT2D eigenvalue weighted by Crippen LogP contribution is -2.19. The Morgan fingerprint density at radius 2 is 2.00 bits per heavy atom. The van der Waals surface area contributed by atoms with Gasteiger partial charge < -0.3 is 10.3 Å². The summed E-state index contributed by atoms with van der Waals surface area (Å²) in [6.07, 6.45) is 0. The molecule has 0 saturated heterocycles. The maximum atomic E-state index is 13.4. The van der Waals surface area contributed by atoms with E-state index in [1.54, 1.807) is 6.07 Å². The largest absolute Gasteiger partial charge is 0.329 e. The molecule has 0 unspecified atom stereocenters. The van der Waals surface area contributed by atoms with E-state index in [4.69, 9.17) is 5.84 Å². The third-order valence-corrected chi connectivity index (χ3v) is 3.30. The summed E-state index contributed by atoms with van der Waals surface area (Å²) >= 11 is 0. The van der Waals surface area contributed by atoms with Crippen molar-refractivity contribution in [3.8, 4) is 0 Å². The molecule has 5 nitrogen and oxygen atoms in total. The molecule has 0 atom stereocenters. The molecule has 0 aliphatic heterocycles. The zero-order valence-corrected chi connectivity index (χ0v) is 12.7. The molecule has 1 aromatic heterocycles. The lowest BCUT2D eigenvalue weighted by Gasteiger charge is -2.23. The second kappa shape index (κ2) is 6.05. The van der Waals surface area contributed by atoms with Crippen LogP contribution in [0.3, 0.4) is 0 Å². The number of hydrazine groups is 1. The molecule has 0 radical (unpaired) electrons. The average molecular weight is 289 g/mol. The zero-order valence-electron chi connectivity index (χ0n) is 12.7. The fourth-order valence-electron chi connectivity index (χ4n) is 2.05. The lowest BCUT2D eigenvalue weighted by molar-refractivity contribution is 0.628. The molecule has 2 aromatic rings. The van der Waals surface area contributed by atoms with E-state index in [9.17, 15) is 4.39 Å². The van der Waals surface area contributed by atoms with Gasteiger partial charge in [-0.2, -0.15) is 0 Å². The minimum Gasteiger partial charge on any atom is -0.329 e. The number of anilines is 3. The first kappa shape index (κ1) is 15.2. The van der Waals surface area contributed by atoms with Gasteiger partial charge in [0.15, 0.2) is 0 Å². The van der Waals surface area contributed by atoms with Crippen molar-refractivity contribution in [3.63, 3.8) is 0 Å². The third kappa shape index (κ3) is 3.11. The number of hydrogen-bond acceptors (Lipinski definition) is 5. The summed E-state index contributed by atoms with van der Waals surface area (Å²) in [5, 5.41) is 0. The Morgan fingerprint density at radius 3 is 2.57 bits per heavy atom. The summed E-state index contributed by atoms with van der Waals surface area (Å²) in [6, 6.07) is 6.38. The van der Waals surface area contributed by atoms with Crippen molar-refractivity contribution in [2.75, 3.05) is 17.4 Å². The summed E-state index contributed by atoms with van der Waals surface area (Å²) in [6.45, 7) is 5.90. The summed E-state index contributed by atoms with van der Waals surface area (Å²) in [7, 11) is 1.84. The van der Waals surface area contributed by atoms with Gasteiger partial charge in [0.1, 0.15) is 23.3 Å². The number of nitrogen functional groups attached to an aromatic ring is 1. The highest BCUT2D eigenvalue weighted by Gasteiger charge is 2.16. The van der Waals surface area contributed by atoms with Crippen LogP contribution in [0.2, 0.25) is 0 Å². The van der Waals surface area contributed by atoms with Crippen molar-refractivity contribution in [1.29, 1.82) is 0 Å². The molecular formula is C15H20FN5. The molecular weight excluding hydrogens is 269 g/mol. The second-order valence-electron chi connectivity index (χ2n) is 5.22. The Bertz CT molecular complexity index is 642. The van der Waals surface area contributed by atoms with Crippen LogP contribution in [0.4, 0.5) is 21.7 Å². The van der Waals surface area contributed by atoms with Gasteiger partial charge in [-0.05, 0) is 25.1 Å². The standard InChI is InChI=1S/C15H20FN5/c1-9(2)13-18-14(20-17)10(3)15(19-13)21(4)12-7-5-6-11(16)8-12/h5-9H,17H2,1-4H3,(H,18,19,20). The molecule has 0 fully saturated rings. The molecule has 0 saturated carbocycles. The molecule has 0 aliphatic carbocycles. The topological polar surface area (TPSA) is 67.1 Å². The molecule has 112 valence electrons. The number of benzene rings is 1. The van der Waals surface area contributed by atoms with Crippen LogP contribution in [0, 0.1) is 12.7 Å². The maximum Gasteiger partial charge on any atom is 0.148 e. The lowest BCUT2D eigenvalue weighted by atomic mass is 10.2. The van der Waals surface area contributed by atoms with Crippen LogP contribution in [0.1, 0.15) is 31.2 Å². The van der Waals surface area contributed by atoms with E-state index in [1.807, 2.05) is 38.8 Å². The van der Waals surface area contributed by atoms with Crippen molar-refractivity contribution in [2.45, 2.75) is 26.7 Å². The van der Waals surface area contributed by atoms with E-state index in [0.29, 0.717) is 17.5 Å².